The zero-order valence-electron chi connectivity index (χ0n) is 11.9. The van der Waals surface area contributed by atoms with Gasteiger partial charge >= 0.3 is 88.4 Å². The molecule has 0 heterocycles. The van der Waals surface area contributed by atoms with E-state index >= 15 is 0 Å². The summed E-state index contributed by atoms with van der Waals surface area (Å²) in [6.07, 6.45) is 0. The number of hydrogen-bond acceptors (Lipinski definition) is 4. The van der Waals surface area contributed by atoms with Crippen molar-refractivity contribution in [2.45, 2.75) is 6.92 Å². The first-order chi connectivity index (χ1) is 5.15. The third-order valence-corrected chi connectivity index (χ3v) is 0. The van der Waals surface area contributed by atoms with Crippen LogP contribution in [-0.2, 0) is 20.0 Å². The smallest absolute Gasteiger partial charge is 1.00 e. The van der Waals surface area contributed by atoms with Gasteiger partial charge in [-0.1, -0.05) is 0 Å². The van der Waals surface area contributed by atoms with Crippen LogP contribution in [0.15, 0.2) is 0 Å². The van der Waals surface area contributed by atoms with Crippen molar-refractivity contribution in [1.82, 2.24) is 0 Å². The molecular formula is C3H11LiNa2O8S. The van der Waals surface area contributed by atoms with E-state index in [9.17, 15) is 0 Å². The van der Waals surface area contributed by atoms with Gasteiger partial charge in [0.15, 0.2) is 0 Å². The van der Waals surface area contributed by atoms with E-state index in [0.29, 0.717) is 0 Å². The molecule has 15 heavy (non-hydrogen) atoms. The largest absolute Gasteiger partial charge is 1.00 e. The van der Waals surface area contributed by atoms with E-state index in [1.165, 1.54) is 0 Å². The minimum Gasteiger partial charge on any atom is -1.00 e. The fraction of sp³-hybridized carbons (Fsp3) is 0.333. The van der Waals surface area contributed by atoms with Crippen molar-refractivity contribution in [3.8, 4) is 0 Å². The van der Waals surface area contributed by atoms with Crippen LogP contribution in [-0.4, -0.2) is 40.2 Å². The van der Waals surface area contributed by atoms with Crippen molar-refractivity contribution in [2.24, 2.45) is 0 Å². The van der Waals surface area contributed by atoms with Gasteiger partial charge in [0.1, 0.15) is 0 Å². The van der Waals surface area contributed by atoms with Crippen molar-refractivity contribution in [1.29, 1.82) is 0 Å². The Kier molecular flexibility index (Phi) is 58.9. The molecule has 0 aromatic carbocycles. The Morgan fingerprint density at radius 1 is 1.27 bits per heavy atom. The van der Waals surface area contributed by atoms with Crippen LogP contribution in [0, 0.1) is 0 Å². The Morgan fingerprint density at radius 2 is 1.27 bits per heavy atom. The molecule has 0 aliphatic carbocycles. The molecule has 12 heteroatoms. The van der Waals surface area contributed by atoms with Gasteiger partial charge in [-0.2, -0.15) is 8.42 Å². The van der Waals surface area contributed by atoms with Crippen LogP contribution in [0.25, 0.3) is 0 Å². The van der Waals surface area contributed by atoms with Crippen LogP contribution in [0.1, 0.15) is 11.2 Å². The monoisotopic (exact) mass is 260 g/mol. The summed E-state index contributed by atoms with van der Waals surface area (Å²) in [5, 5.41) is 14.3. The summed E-state index contributed by atoms with van der Waals surface area (Å²) in [5.74, 6) is -0.833. The second-order valence-electron chi connectivity index (χ2n) is 1.07. The topological polar surface area (TPSA) is 149 Å². The molecule has 0 aliphatic heterocycles. The maximum absolute atomic E-state index is 9.00. The SMILES string of the molecule is CC(=O)O.O=CO.O=S(=O)(O)O.[H-].[H-].[H-].[Li+].[Na+].[Na+]. The predicted octanol–water partition coefficient (Wildman–Crippen LogP) is -9.51. The van der Waals surface area contributed by atoms with Gasteiger partial charge in [-0.3, -0.25) is 18.7 Å². The quantitative estimate of drug-likeness (QED) is 0.190. The van der Waals surface area contributed by atoms with Gasteiger partial charge in [0.2, 0.25) is 0 Å². The number of hydrogen-bond donors (Lipinski definition) is 4. The molecule has 0 radical (unpaired) electrons. The first kappa shape index (κ1) is 36.0. The van der Waals surface area contributed by atoms with Crippen LogP contribution in [0.3, 0.4) is 0 Å². The average Bonchev–Trinajstić information content (AvgIpc) is 1.56. The molecule has 0 aromatic heterocycles. The van der Waals surface area contributed by atoms with Crippen molar-refractivity contribution in [3.63, 3.8) is 0 Å². The van der Waals surface area contributed by atoms with Crippen LogP contribution in [0.2, 0.25) is 0 Å². The third-order valence-electron chi connectivity index (χ3n) is 0. The molecule has 0 saturated carbocycles. The van der Waals surface area contributed by atoms with Gasteiger partial charge in [-0.15, -0.1) is 0 Å². The number of aliphatic carboxylic acids is 1. The number of rotatable bonds is 0. The maximum atomic E-state index is 9.00. The zero-order valence-corrected chi connectivity index (χ0v) is 13.7. The summed E-state index contributed by atoms with van der Waals surface area (Å²) in [6.45, 7) is 0.833. The summed E-state index contributed by atoms with van der Waals surface area (Å²) in [7, 11) is -4.67. The van der Waals surface area contributed by atoms with E-state index < -0.39 is 16.4 Å². The van der Waals surface area contributed by atoms with Crippen molar-refractivity contribution in [2.75, 3.05) is 0 Å². The number of carbonyl (C=O) groups is 2. The van der Waals surface area contributed by atoms with Crippen LogP contribution >= 0.6 is 0 Å². The summed E-state index contributed by atoms with van der Waals surface area (Å²) >= 11 is 0. The molecule has 0 unspecified atom stereocenters. The molecule has 0 rings (SSSR count). The minimum atomic E-state index is -4.67. The van der Waals surface area contributed by atoms with Crippen LogP contribution in [0.4, 0.5) is 0 Å². The van der Waals surface area contributed by atoms with Gasteiger partial charge in [-0.05, 0) is 0 Å². The van der Waals surface area contributed by atoms with E-state index in [-0.39, 0.29) is 88.7 Å². The molecule has 0 spiro atoms. The Morgan fingerprint density at radius 3 is 1.27 bits per heavy atom. The molecule has 8 nitrogen and oxygen atoms in total. The van der Waals surface area contributed by atoms with E-state index in [4.69, 9.17) is 37.3 Å². The van der Waals surface area contributed by atoms with Crippen molar-refractivity contribution < 1.29 is 120 Å². The number of carboxylic acid groups (broad SMARTS) is 2. The second-order valence-corrected chi connectivity index (χ2v) is 1.97. The van der Waals surface area contributed by atoms with E-state index in [0.717, 1.165) is 6.92 Å². The molecule has 80 valence electrons. The van der Waals surface area contributed by atoms with E-state index in [2.05, 4.69) is 0 Å². The summed E-state index contributed by atoms with van der Waals surface area (Å²) < 4.78 is 31.6. The van der Waals surface area contributed by atoms with Gasteiger partial charge < -0.3 is 14.5 Å². The van der Waals surface area contributed by atoms with Gasteiger partial charge in [-0.25, -0.2) is 0 Å². The number of carboxylic acids is 1. The Hall–Kier alpha value is 1.41. The molecule has 0 fully saturated rings. The summed E-state index contributed by atoms with van der Waals surface area (Å²) in [6, 6.07) is 0. The zero-order chi connectivity index (χ0) is 10.8. The predicted molar refractivity (Wildman–Crippen MR) is 39.5 cm³/mol. The maximum Gasteiger partial charge on any atom is 1.00 e. The van der Waals surface area contributed by atoms with Gasteiger partial charge in [0.05, 0.1) is 0 Å². The second kappa shape index (κ2) is 24.6. The van der Waals surface area contributed by atoms with Gasteiger partial charge in [0, 0.05) is 6.92 Å². The fourth-order valence-corrected chi connectivity index (χ4v) is 0. The summed E-state index contributed by atoms with van der Waals surface area (Å²) in [4.78, 5) is 17.4. The van der Waals surface area contributed by atoms with E-state index in [1.807, 2.05) is 0 Å². The molecule has 0 amide bonds. The third kappa shape index (κ3) is 1400. The minimum absolute atomic E-state index is 0. The molecule has 0 aromatic rings. The molecular weight excluding hydrogens is 249 g/mol. The Balaban J connectivity index is -0.00000000843. The van der Waals surface area contributed by atoms with Crippen molar-refractivity contribution in [3.05, 3.63) is 0 Å². The fourth-order valence-electron chi connectivity index (χ4n) is 0. The molecule has 0 saturated heterocycles. The first-order valence-electron chi connectivity index (χ1n) is 2.12. The van der Waals surface area contributed by atoms with Gasteiger partial charge in [0.25, 0.3) is 12.4 Å². The molecule has 0 aliphatic rings. The molecule has 0 bridgehead atoms. The Labute approximate surface area is 148 Å². The first-order valence-corrected chi connectivity index (χ1v) is 3.52. The normalized spacial score (nSPS) is 6.33. The van der Waals surface area contributed by atoms with Crippen molar-refractivity contribution >= 4 is 22.8 Å². The molecule has 0 atom stereocenters. The average molecular weight is 260 g/mol. The standard InChI is InChI=1S/C2H4O2.CH2O2.Li.2Na.H2O4S.3H/c1-2(3)4;2-1-3;;;;1-5(2,3)4;;;/h1H3,(H,3,4);1H,(H,2,3);;;;(H2,1,2,3,4);;;/q;;3*+1;;3*-1. The molecule has 4 N–H and O–H groups in total. The van der Waals surface area contributed by atoms with Crippen LogP contribution in [0.5, 0.6) is 0 Å². The van der Waals surface area contributed by atoms with E-state index in [1.54, 1.807) is 0 Å². The van der Waals surface area contributed by atoms with Crippen LogP contribution < -0.4 is 78.0 Å². The summed E-state index contributed by atoms with van der Waals surface area (Å²) in [5.41, 5.74) is 0. The Bertz CT molecular complexity index is 216.